The van der Waals surface area contributed by atoms with Gasteiger partial charge >= 0.3 is 0 Å². The van der Waals surface area contributed by atoms with Gasteiger partial charge in [-0.05, 0) is 31.7 Å². The number of ether oxygens (including phenoxy) is 2. The Labute approximate surface area is 108 Å². The molecule has 0 atom stereocenters. The van der Waals surface area contributed by atoms with Crippen LogP contribution in [0, 0.1) is 0 Å². The van der Waals surface area contributed by atoms with Crippen molar-refractivity contribution < 1.29 is 9.47 Å². The number of hydrogen-bond donors (Lipinski definition) is 2. The summed E-state index contributed by atoms with van der Waals surface area (Å²) in [5.41, 5.74) is 12.6. The SMILES string of the molecule is COc1cccc(CN)c1OC1CCC(N)CC1. The topological polar surface area (TPSA) is 70.5 Å². The molecule has 0 bridgehead atoms. The molecule has 0 amide bonds. The van der Waals surface area contributed by atoms with E-state index in [0.717, 1.165) is 42.7 Å². The molecule has 1 saturated carbocycles. The summed E-state index contributed by atoms with van der Waals surface area (Å²) in [5, 5.41) is 0. The van der Waals surface area contributed by atoms with E-state index in [9.17, 15) is 0 Å². The molecule has 4 nitrogen and oxygen atoms in total. The summed E-state index contributed by atoms with van der Waals surface area (Å²) in [4.78, 5) is 0. The molecule has 2 rings (SSSR count). The van der Waals surface area contributed by atoms with E-state index >= 15 is 0 Å². The van der Waals surface area contributed by atoms with E-state index in [-0.39, 0.29) is 6.10 Å². The second-order valence-corrected chi connectivity index (χ2v) is 4.81. The summed E-state index contributed by atoms with van der Waals surface area (Å²) < 4.78 is 11.4. The fourth-order valence-corrected chi connectivity index (χ4v) is 2.39. The molecule has 0 radical (unpaired) electrons. The van der Waals surface area contributed by atoms with Gasteiger partial charge < -0.3 is 20.9 Å². The van der Waals surface area contributed by atoms with E-state index in [1.54, 1.807) is 7.11 Å². The molecule has 100 valence electrons. The smallest absolute Gasteiger partial charge is 0.166 e. The van der Waals surface area contributed by atoms with Crippen molar-refractivity contribution in [1.82, 2.24) is 0 Å². The van der Waals surface area contributed by atoms with Gasteiger partial charge in [0.05, 0.1) is 13.2 Å². The first kappa shape index (κ1) is 13.2. The maximum absolute atomic E-state index is 6.09. The van der Waals surface area contributed by atoms with E-state index in [2.05, 4.69) is 0 Å². The van der Waals surface area contributed by atoms with E-state index < -0.39 is 0 Å². The van der Waals surface area contributed by atoms with Gasteiger partial charge in [-0.25, -0.2) is 0 Å². The van der Waals surface area contributed by atoms with Gasteiger partial charge in [-0.3, -0.25) is 0 Å². The van der Waals surface area contributed by atoms with Gasteiger partial charge in [-0.1, -0.05) is 12.1 Å². The number of methoxy groups -OCH3 is 1. The Bertz CT molecular complexity index is 365. The summed E-state index contributed by atoms with van der Waals surface area (Å²) in [6.45, 7) is 0.457. The quantitative estimate of drug-likeness (QED) is 0.855. The van der Waals surface area contributed by atoms with Gasteiger partial charge in [0.2, 0.25) is 0 Å². The predicted octanol–water partition coefficient (Wildman–Crippen LogP) is 1.80. The van der Waals surface area contributed by atoms with Crippen LogP contribution in [0.25, 0.3) is 0 Å². The molecular weight excluding hydrogens is 228 g/mol. The number of hydrogen-bond acceptors (Lipinski definition) is 4. The van der Waals surface area contributed by atoms with Crippen molar-refractivity contribution in [3.63, 3.8) is 0 Å². The fourth-order valence-electron chi connectivity index (χ4n) is 2.39. The standard InChI is InChI=1S/C14H22N2O2/c1-17-13-4-2-3-10(9-15)14(13)18-12-7-5-11(16)6-8-12/h2-4,11-12H,5-9,15-16H2,1H3. The molecule has 0 aliphatic heterocycles. The van der Waals surface area contributed by atoms with Crippen LogP contribution in [0.1, 0.15) is 31.2 Å². The Kier molecular flexibility index (Phi) is 4.44. The first-order valence-electron chi connectivity index (χ1n) is 6.52. The van der Waals surface area contributed by atoms with Crippen molar-refractivity contribution in [1.29, 1.82) is 0 Å². The van der Waals surface area contributed by atoms with Crippen molar-refractivity contribution >= 4 is 0 Å². The highest BCUT2D eigenvalue weighted by atomic mass is 16.5. The third-order valence-electron chi connectivity index (χ3n) is 3.50. The lowest BCUT2D eigenvalue weighted by molar-refractivity contribution is 0.141. The lowest BCUT2D eigenvalue weighted by Gasteiger charge is -2.28. The molecule has 1 aliphatic rings. The summed E-state index contributed by atoms with van der Waals surface area (Å²) in [6.07, 6.45) is 4.29. The van der Waals surface area contributed by atoms with Crippen LogP contribution in [0.5, 0.6) is 11.5 Å². The maximum Gasteiger partial charge on any atom is 0.166 e. The van der Waals surface area contributed by atoms with E-state index in [1.165, 1.54) is 0 Å². The summed E-state index contributed by atoms with van der Waals surface area (Å²) in [5.74, 6) is 1.55. The molecule has 0 saturated heterocycles. The first-order chi connectivity index (χ1) is 8.74. The predicted molar refractivity (Wildman–Crippen MR) is 71.7 cm³/mol. The van der Waals surface area contributed by atoms with Gasteiger partial charge in [-0.15, -0.1) is 0 Å². The van der Waals surface area contributed by atoms with Crippen molar-refractivity contribution in [3.8, 4) is 11.5 Å². The molecular formula is C14H22N2O2. The zero-order valence-corrected chi connectivity index (χ0v) is 10.9. The van der Waals surface area contributed by atoms with E-state index in [0.29, 0.717) is 12.6 Å². The molecule has 0 heterocycles. The first-order valence-corrected chi connectivity index (χ1v) is 6.52. The minimum Gasteiger partial charge on any atom is -0.493 e. The Morgan fingerprint density at radius 1 is 1.22 bits per heavy atom. The average Bonchev–Trinajstić information content (AvgIpc) is 2.41. The second kappa shape index (κ2) is 6.07. The third-order valence-corrected chi connectivity index (χ3v) is 3.50. The Morgan fingerprint density at radius 2 is 1.94 bits per heavy atom. The highest BCUT2D eigenvalue weighted by Gasteiger charge is 2.22. The highest BCUT2D eigenvalue weighted by molar-refractivity contribution is 5.46. The van der Waals surface area contributed by atoms with Gasteiger partial charge in [0.1, 0.15) is 0 Å². The molecule has 1 aromatic rings. The van der Waals surface area contributed by atoms with Crippen LogP contribution < -0.4 is 20.9 Å². The van der Waals surface area contributed by atoms with Gasteiger partial charge in [0.25, 0.3) is 0 Å². The van der Waals surface area contributed by atoms with Crippen molar-refractivity contribution in [2.24, 2.45) is 11.5 Å². The number of nitrogens with two attached hydrogens (primary N) is 2. The van der Waals surface area contributed by atoms with Crippen LogP contribution in [0.2, 0.25) is 0 Å². The molecule has 4 N–H and O–H groups in total. The summed E-state index contributed by atoms with van der Waals surface area (Å²) in [7, 11) is 1.65. The number of benzene rings is 1. The van der Waals surface area contributed by atoms with Crippen LogP contribution in [-0.4, -0.2) is 19.3 Å². The molecule has 18 heavy (non-hydrogen) atoms. The number of rotatable bonds is 4. The number of para-hydroxylation sites is 1. The molecule has 4 heteroatoms. The lowest BCUT2D eigenvalue weighted by Crippen LogP contribution is -2.32. The minimum atomic E-state index is 0.228. The molecule has 1 aliphatic carbocycles. The van der Waals surface area contributed by atoms with E-state index in [4.69, 9.17) is 20.9 Å². The Hall–Kier alpha value is -1.26. The van der Waals surface area contributed by atoms with Crippen LogP contribution >= 0.6 is 0 Å². The van der Waals surface area contributed by atoms with Crippen LogP contribution in [0.4, 0.5) is 0 Å². The summed E-state index contributed by atoms with van der Waals surface area (Å²) in [6, 6.07) is 6.15. The van der Waals surface area contributed by atoms with Gasteiger partial charge in [0, 0.05) is 18.2 Å². The van der Waals surface area contributed by atoms with E-state index in [1.807, 2.05) is 18.2 Å². The third kappa shape index (κ3) is 2.94. The van der Waals surface area contributed by atoms with Crippen LogP contribution in [-0.2, 0) is 6.54 Å². The maximum atomic E-state index is 6.09. The molecule has 0 spiro atoms. The molecule has 1 aromatic carbocycles. The summed E-state index contributed by atoms with van der Waals surface area (Å²) >= 11 is 0. The minimum absolute atomic E-state index is 0.228. The van der Waals surface area contributed by atoms with Crippen molar-refractivity contribution in [2.45, 2.75) is 44.4 Å². The molecule has 1 fully saturated rings. The average molecular weight is 250 g/mol. The van der Waals surface area contributed by atoms with Crippen LogP contribution in [0.15, 0.2) is 18.2 Å². The molecule has 0 unspecified atom stereocenters. The Morgan fingerprint density at radius 3 is 2.56 bits per heavy atom. The van der Waals surface area contributed by atoms with Crippen molar-refractivity contribution in [3.05, 3.63) is 23.8 Å². The normalized spacial score (nSPS) is 23.7. The Balaban J connectivity index is 2.12. The zero-order chi connectivity index (χ0) is 13.0. The fraction of sp³-hybridized carbons (Fsp3) is 0.571. The van der Waals surface area contributed by atoms with Gasteiger partial charge in [-0.2, -0.15) is 0 Å². The van der Waals surface area contributed by atoms with Crippen molar-refractivity contribution in [2.75, 3.05) is 7.11 Å². The van der Waals surface area contributed by atoms with Gasteiger partial charge in [0.15, 0.2) is 11.5 Å². The monoisotopic (exact) mass is 250 g/mol. The zero-order valence-electron chi connectivity index (χ0n) is 10.9. The largest absolute Gasteiger partial charge is 0.493 e. The van der Waals surface area contributed by atoms with Crippen LogP contribution in [0.3, 0.4) is 0 Å². The lowest BCUT2D eigenvalue weighted by atomic mass is 9.93. The second-order valence-electron chi connectivity index (χ2n) is 4.81. The molecule has 0 aromatic heterocycles. The highest BCUT2D eigenvalue weighted by Crippen LogP contribution is 2.34.